The minimum Gasteiger partial charge on any atom is -0.294 e. The number of halogens is 3. The lowest BCUT2D eigenvalue weighted by Gasteiger charge is -2.14. The third-order valence-corrected chi connectivity index (χ3v) is 2.39. The van der Waals surface area contributed by atoms with E-state index in [1.807, 2.05) is 0 Å². The molecule has 0 N–H and O–H groups in total. The van der Waals surface area contributed by atoms with Crippen molar-refractivity contribution < 1.29 is 18.0 Å². The van der Waals surface area contributed by atoms with E-state index in [0.29, 0.717) is 12.0 Å². The third-order valence-electron chi connectivity index (χ3n) is 2.39. The summed E-state index contributed by atoms with van der Waals surface area (Å²) in [4.78, 5) is 11.2. The second kappa shape index (κ2) is 4.58. The van der Waals surface area contributed by atoms with Crippen molar-refractivity contribution in [3.63, 3.8) is 0 Å². The lowest BCUT2D eigenvalue weighted by molar-refractivity contribution is -0.138. The standard InChI is InChI=1S/C12H10F3NO/c1-3-8-4-9(6-16)11(12(13,14)15)10(5-8)7(2)17/h4-5H,3H2,1-2H3. The van der Waals surface area contributed by atoms with Crippen LogP contribution in [0.25, 0.3) is 0 Å². The quantitative estimate of drug-likeness (QED) is 0.745. The molecule has 0 aliphatic carbocycles. The van der Waals surface area contributed by atoms with Gasteiger partial charge in [-0.1, -0.05) is 6.92 Å². The van der Waals surface area contributed by atoms with Crippen molar-refractivity contribution in [3.05, 3.63) is 34.4 Å². The van der Waals surface area contributed by atoms with E-state index in [4.69, 9.17) is 5.26 Å². The van der Waals surface area contributed by atoms with Gasteiger partial charge in [-0.25, -0.2) is 0 Å². The highest BCUT2D eigenvalue weighted by Crippen LogP contribution is 2.35. The van der Waals surface area contributed by atoms with Gasteiger partial charge in [-0.2, -0.15) is 18.4 Å². The fraction of sp³-hybridized carbons (Fsp3) is 0.333. The number of aryl methyl sites for hydroxylation is 1. The van der Waals surface area contributed by atoms with Gasteiger partial charge in [-0.15, -0.1) is 0 Å². The molecule has 17 heavy (non-hydrogen) atoms. The molecule has 1 rings (SSSR count). The van der Waals surface area contributed by atoms with Crippen molar-refractivity contribution in [1.29, 1.82) is 5.26 Å². The van der Waals surface area contributed by atoms with Crippen LogP contribution >= 0.6 is 0 Å². The van der Waals surface area contributed by atoms with Crippen LogP contribution in [0.5, 0.6) is 0 Å². The Hall–Kier alpha value is -1.83. The number of hydrogen-bond donors (Lipinski definition) is 0. The highest BCUT2D eigenvalue weighted by Gasteiger charge is 2.37. The Kier molecular flexibility index (Phi) is 3.56. The number of alkyl halides is 3. The lowest BCUT2D eigenvalue weighted by atomic mass is 9.94. The number of hydrogen-bond acceptors (Lipinski definition) is 2. The van der Waals surface area contributed by atoms with Gasteiger partial charge in [0.2, 0.25) is 0 Å². The molecular formula is C12H10F3NO. The van der Waals surface area contributed by atoms with E-state index in [9.17, 15) is 18.0 Å². The topological polar surface area (TPSA) is 40.9 Å². The first-order valence-corrected chi connectivity index (χ1v) is 4.96. The van der Waals surface area contributed by atoms with Crippen LogP contribution in [0.4, 0.5) is 13.2 Å². The van der Waals surface area contributed by atoms with E-state index in [2.05, 4.69) is 0 Å². The minimum absolute atomic E-state index is 0.437. The fourth-order valence-electron chi connectivity index (χ4n) is 1.58. The molecule has 0 heterocycles. The van der Waals surface area contributed by atoms with E-state index in [-0.39, 0.29) is 0 Å². The number of carbonyl (C=O) groups is 1. The zero-order valence-electron chi connectivity index (χ0n) is 9.35. The predicted molar refractivity (Wildman–Crippen MR) is 55.5 cm³/mol. The zero-order chi connectivity index (χ0) is 13.2. The van der Waals surface area contributed by atoms with Crippen molar-refractivity contribution in [1.82, 2.24) is 0 Å². The Morgan fingerprint density at radius 3 is 2.35 bits per heavy atom. The van der Waals surface area contributed by atoms with Crippen molar-refractivity contribution in [3.8, 4) is 6.07 Å². The fourth-order valence-corrected chi connectivity index (χ4v) is 1.58. The van der Waals surface area contributed by atoms with Crippen LogP contribution in [-0.2, 0) is 12.6 Å². The molecule has 0 saturated heterocycles. The van der Waals surface area contributed by atoms with Gasteiger partial charge < -0.3 is 0 Å². The molecule has 0 saturated carbocycles. The lowest BCUT2D eigenvalue weighted by Crippen LogP contribution is -2.15. The van der Waals surface area contributed by atoms with Crippen LogP contribution < -0.4 is 0 Å². The molecule has 0 fully saturated rings. The SMILES string of the molecule is CCc1cc(C#N)c(C(F)(F)F)c(C(C)=O)c1. The molecular weight excluding hydrogens is 231 g/mol. The number of carbonyl (C=O) groups excluding carboxylic acids is 1. The van der Waals surface area contributed by atoms with Crippen LogP contribution in [0.2, 0.25) is 0 Å². The largest absolute Gasteiger partial charge is 0.418 e. The number of Topliss-reactive ketones (excluding diaryl/α,β-unsaturated/α-hetero) is 1. The number of nitrogens with zero attached hydrogens (tertiary/aromatic N) is 1. The Balaban J connectivity index is 3.66. The molecule has 90 valence electrons. The molecule has 1 aromatic rings. The smallest absolute Gasteiger partial charge is 0.294 e. The summed E-state index contributed by atoms with van der Waals surface area (Å²) < 4.78 is 38.4. The average Bonchev–Trinajstić information content (AvgIpc) is 2.25. The molecule has 0 aliphatic rings. The summed E-state index contributed by atoms with van der Waals surface area (Å²) in [5.41, 5.74) is -1.53. The number of benzene rings is 1. The summed E-state index contributed by atoms with van der Waals surface area (Å²) in [6, 6.07) is 3.88. The Morgan fingerprint density at radius 1 is 1.41 bits per heavy atom. The van der Waals surface area contributed by atoms with Crippen molar-refractivity contribution in [2.45, 2.75) is 26.4 Å². The van der Waals surface area contributed by atoms with E-state index >= 15 is 0 Å². The maximum atomic E-state index is 12.8. The maximum absolute atomic E-state index is 12.8. The first-order valence-electron chi connectivity index (χ1n) is 4.96. The summed E-state index contributed by atoms with van der Waals surface area (Å²) in [5.74, 6) is -0.691. The van der Waals surface area contributed by atoms with Gasteiger partial charge in [0, 0.05) is 5.56 Å². The summed E-state index contributed by atoms with van der Waals surface area (Å²) in [5, 5.41) is 8.75. The Bertz CT molecular complexity index is 498. The second-order valence-corrected chi connectivity index (χ2v) is 3.59. The van der Waals surface area contributed by atoms with E-state index in [1.165, 1.54) is 18.2 Å². The average molecular weight is 241 g/mol. The molecule has 0 unspecified atom stereocenters. The molecule has 5 heteroatoms. The summed E-state index contributed by atoms with van der Waals surface area (Å²) in [6.07, 6.45) is -4.23. The molecule has 0 bridgehead atoms. The van der Waals surface area contributed by atoms with Gasteiger partial charge in [0.1, 0.15) is 0 Å². The number of ketones is 1. The first kappa shape index (κ1) is 13.2. The van der Waals surface area contributed by atoms with Crippen molar-refractivity contribution in [2.75, 3.05) is 0 Å². The van der Waals surface area contributed by atoms with Crippen LogP contribution in [0.1, 0.15) is 40.9 Å². The number of rotatable bonds is 2. The van der Waals surface area contributed by atoms with Gasteiger partial charge in [-0.3, -0.25) is 4.79 Å². The van der Waals surface area contributed by atoms with E-state index in [1.54, 1.807) is 6.92 Å². The molecule has 0 spiro atoms. The number of nitriles is 1. The van der Waals surface area contributed by atoms with Crippen LogP contribution in [0.15, 0.2) is 12.1 Å². The van der Waals surface area contributed by atoms with Gasteiger partial charge in [0.15, 0.2) is 5.78 Å². The zero-order valence-corrected chi connectivity index (χ0v) is 9.35. The van der Waals surface area contributed by atoms with Gasteiger partial charge in [0.05, 0.1) is 17.2 Å². The van der Waals surface area contributed by atoms with Gasteiger partial charge in [-0.05, 0) is 31.0 Å². The summed E-state index contributed by atoms with van der Waals surface area (Å²) in [7, 11) is 0. The third kappa shape index (κ3) is 2.64. The molecule has 0 aliphatic heterocycles. The second-order valence-electron chi connectivity index (χ2n) is 3.59. The van der Waals surface area contributed by atoms with Gasteiger partial charge >= 0.3 is 6.18 Å². The van der Waals surface area contributed by atoms with Crippen molar-refractivity contribution in [2.24, 2.45) is 0 Å². The van der Waals surface area contributed by atoms with Crippen LogP contribution in [0.3, 0.4) is 0 Å². The molecule has 0 aromatic heterocycles. The Labute approximate surface area is 96.7 Å². The highest BCUT2D eigenvalue weighted by atomic mass is 19.4. The monoisotopic (exact) mass is 241 g/mol. The summed E-state index contributed by atoms with van der Waals surface area (Å²) >= 11 is 0. The normalized spacial score (nSPS) is 11.1. The van der Waals surface area contributed by atoms with E-state index in [0.717, 1.165) is 6.92 Å². The molecule has 0 amide bonds. The van der Waals surface area contributed by atoms with E-state index < -0.39 is 28.6 Å². The minimum atomic E-state index is -4.70. The molecule has 0 radical (unpaired) electrons. The Morgan fingerprint density at radius 2 is 2.00 bits per heavy atom. The van der Waals surface area contributed by atoms with Crippen LogP contribution in [-0.4, -0.2) is 5.78 Å². The molecule has 2 nitrogen and oxygen atoms in total. The maximum Gasteiger partial charge on any atom is 0.418 e. The van der Waals surface area contributed by atoms with Crippen LogP contribution in [0, 0.1) is 11.3 Å². The summed E-state index contributed by atoms with van der Waals surface area (Å²) in [6.45, 7) is 2.80. The molecule has 0 atom stereocenters. The highest BCUT2D eigenvalue weighted by molar-refractivity contribution is 5.96. The van der Waals surface area contributed by atoms with Gasteiger partial charge in [0.25, 0.3) is 0 Å². The van der Waals surface area contributed by atoms with Crippen molar-refractivity contribution >= 4 is 5.78 Å². The molecule has 1 aromatic carbocycles. The first-order chi connectivity index (χ1) is 7.81. The predicted octanol–water partition coefficient (Wildman–Crippen LogP) is 3.34.